The molecule has 1 heterocycles. The Bertz CT molecular complexity index is 730. The number of ether oxygens (including phenoxy) is 1. The Kier molecular flexibility index (Phi) is 5.60. The van der Waals surface area contributed by atoms with E-state index in [0.29, 0.717) is 5.56 Å². The molecule has 0 fully saturated rings. The fourth-order valence-electron chi connectivity index (χ4n) is 2.08. The number of halogens is 5. The molecule has 1 aromatic carbocycles. The normalized spacial score (nSPS) is 12.9. The first kappa shape index (κ1) is 18.7. The molecule has 1 unspecified atom stereocenters. The third-order valence-electron chi connectivity index (χ3n) is 3.20. The van der Waals surface area contributed by atoms with Gasteiger partial charge in [0.25, 0.3) is 0 Å². The number of carbonyl (C=O) groups excluding carboxylic acids is 1. The lowest BCUT2D eigenvalue weighted by Crippen LogP contribution is -2.30. The summed E-state index contributed by atoms with van der Waals surface area (Å²) in [7, 11) is 0. The highest BCUT2D eigenvalue weighted by Gasteiger charge is 2.33. The predicted octanol–water partition coefficient (Wildman–Crippen LogP) is 3.38. The van der Waals surface area contributed by atoms with Gasteiger partial charge in [-0.05, 0) is 30.7 Å². The Hall–Kier alpha value is -2.65. The summed E-state index contributed by atoms with van der Waals surface area (Å²) in [6.07, 6.45) is -3.54. The molecule has 0 saturated carbocycles. The second-order valence-electron chi connectivity index (χ2n) is 5.14. The van der Waals surface area contributed by atoms with Crippen LogP contribution in [-0.2, 0) is 17.5 Å². The van der Waals surface area contributed by atoms with Gasteiger partial charge in [0.1, 0.15) is 12.3 Å². The van der Waals surface area contributed by atoms with Gasteiger partial charge in [-0.3, -0.25) is 9.48 Å². The van der Waals surface area contributed by atoms with E-state index in [-0.39, 0.29) is 5.75 Å². The highest BCUT2D eigenvalue weighted by atomic mass is 19.4. The topological polar surface area (TPSA) is 56.2 Å². The van der Waals surface area contributed by atoms with Crippen LogP contribution >= 0.6 is 0 Å². The van der Waals surface area contributed by atoms with Crippen LogP contribution in [0.2, 0.25) is 0 Å². The molecule has 0 spiro atoms. The van der Waals surface area contributed by atoms with Crippen molar-refractivity contribution in [3.63, 3.8) is 0 Å². The maximum absolute atomic E-state index is 12.5. The fraction of sp³-hybridized carbons (Fsp3) is 0.333. The number of nitrogens with zero attached hydrogens (tertiary/aromatic N) is 2. The van der Waals surface area contributed by atoms with Crippen molar-refractivity contribution < 1.29 is 31.5 Å². The lowest BCUT2D eigenvalue weighted by atomic mass is 10.1. The maximum atomic E-state index is 12.5. The quantitative estimate of drug-likeness (QED) is 0.801. The molecule has 0 saturated heterocycles. The van der Waals surface area contributed by atoms with Crippen LogP contribution in [0.1, 0.15) is 24.2 Å². The van der Waals surface area contributed by atoms with E-state index in [4.69, 9.17) is 0 Å². The predicted molar refractivity (Wildman–Crippen MR) is 76.9 cm³/mol. The van der Waals surface area contributed by atoms with Gasteiger partial charge in [0, 0.05) is 6.20 Å². The van der Waals surface area contributed by atoms with E-state index in [1.807, 2.05) is 0 Å². The monoisotopic (exact) mass is 363 g/mol. The van der Waals surface area contributed by atoms with Gasteiger partial charge in [0.05, 0.1) is 6.04 Å². The van der Waals surface area contributed by atoms with E-state index in [9.17, 15) is 26.7 Å². The first-order chi connectivity index (χ1) is 11.6. The van der Waals surface area contributed by atoms with Gasteiger partial charge in [-0.15, -0.1) is 0 Å². The van der Waals surface area contributed by atoms with E-state index < -0.39 is 37.0 Å². The summed E-state index contributed by atoms with van der Waals surface area (Å²) in [5, 5.41) is 5.82. The summed E-state index contributed by atoms with van der Waals surface area (Å²) in [4.78, 5) is 11.9. The van der Waals surface area contributed by atoms with Crippen molar-refractivity contribution in [3.05, 3.63) is 47.8 Å². The minimum absolute atomic E-state index is 0.0597. The number of nitrogens with one attached hydrogen (secondary N) is 1. The Morgan fingerprint density at radius 2 is 2.04 bits per heavy atom. The van der Waals surface area contributed by atoms with Gasteiger partial charge >= 0.3 is 12.8 Å². The first-order valence-corrected chi connectivity index (χ1v) is 7.10. The first-order valence-electron chi connectivity index (χ1n) is 7.10. The van der Waals surface area contributed by atoms with E-state index >= 15 is 0 Å². The molecular weight excluding hydrogens is 349 g/mol. The summed E-state index contributed by atoms with van der Waals surface area (Å²) < 4.78 is 66.9. The van der Waals surface area contributed by atoms with Gasteiger partial charge in [-0.1, -0.05) is 12.1 Å². The summed E-state index contributed by atoms with van der Waals surface area (Å²) in [6.45, 7) is -1.78. The minimum atomic E-state index is -4.58. The van der Waals surface area contributed by atoms with E-state index in [2.05, 4.69) is 15.2 Å². The Balaban J connectivity index is 1.97. The number of benzene rings is 1. The molecule has 5 nitrogen and oxygen atoms in total. The van der Waals surface area contributed by atoms with Gasteiger partial charge in [0.2, 0.25) is 5.91 Å². The zero-order valence-corrected chi connectivity index (χ0v) is 12.9. The van der Waals surface area contributed by atoms with Gasteiger partial charge < -0.3 is 10.1 Å². The average Bonchev–Trinajstić information content (AvgIpc) is 2.95. The molecule has 0 radical (unpaired) electrons. The standard InChI is InChI=1S/C15H14F5N3O2/c1-9(10-3-2-4-11(7-10)25-14(16)17)21-13(24)8-23-6-5-12(22-23)15(18,19)20/h2-7,9,14H,8H2,1H3,(H,21,24). The Labute approximate surface area is 139 Å². The molecule has 2 aromatic rings. The molecule has 1 aromatic heterocycles. The second kappa shape index (κ2) is 7.49. The second-order valence-corrected chi connectivity index (χ2v) is 5.14. The molecule has 10 heteroatoms. The highest BCUT2D eigenvalue weighted by Crippen LogP contribution is 2.27. The molecule has 1 atom stereocenters. The maximum Gasteiger partial charge on any atom is 0.435 e. The molecule has 1 amide bonds. The molecule has 2 rings (SSSR count). The van der Waals surface area contributed by atoms with Crippen LogP contribution in [0.4, 0.5) is 22.0 Å². The molecule has 136 valence electrons. The molecular formula is C15H14F5N3O2. The molecule has 0 aliphatic heterocycles. The van der Waals surface area contributed by atoms with Crippen LogP contribution in [0.3, 0.4) is 0 Å². The lowest BCUT2D eigenvalue weighted by molar-refractivity contribution is -0.141. The van der Waals surface area contributed by atoms with E-state index in [1.165, 1.54) is 18.2 Å². The number of aromatic nitrogens is 2. The largest absolute Gasteiger partial charge is 0.435 e. The van der Waals surface area contributed by atoms with Crippen LogP contribution in [0.5, 0.6) is 5.75 Å². The average molecular weight is 363 g/mol. The van der Waals surface area contributed by atoms with Crippen molar-refractivity contribution in [1.29, 1.82) is 0 Å². The van der Waals surface area contributed by atoms with Crippen molar-refractivity contribution in [2.75, 3.05) is 0 Å². The summed E-state index contributed by atoms with van der Waals surface area (Å²) >= 11 is 0. The van der Waals surface area contributed by atoms with Crippen molar-refractivity contribution >= 4 is 5.91 Å². The zero-order valence-electron chi connectivity index (χ0n) is 12.9. The number of alkyl halides is 5. The fourth-order valence-corrected chi connectivity index (χ4v) is 2.08. The van der Waals surface area contributed by atoms with Crippen molar-refractivity contribution in [2.24, 2.45) is 0 Å². The summed E-state index contributed by atoms with van der Waals surface area (Å²) in [5.74, 6) is -0.639. The lowest BCUT2D eigenvalue weighted by Gasteiger charge is -2.15. The van der Waals surface area contributed by atoms with Gasteiger partial charge in [-0.2, -0.15) is 27.1 Å². The molecule has 1 N–H and O–H groups in total. The summed E-state index contributed by atoms with van der Waals surface area (Å²) in [6, 6.07) is 5.96. The molecule has 25 heavy (non-hydrogen) atoms. The number of hydrogen-bond acceptors (Lipinski definition) is 3. The van der Waals surface area contributed by atoms with Crippen LogP contribution in [0.15, 0.2) is 36.5 Å². The Morgan fingerprint density at radius 3 is 2.64 bits per heavy atom. The zero-order chi connectivity index (χ0) is 18.6. The molecule has 0 aliphatic rings. The number of carbonyl (C=O) groups is 1. The van der Waals surface area contributed by atoms with E-state index in [0.717, 1.165) is 16.9 Å². The van der Waals surface area contributed by atoms with Crippen LogP contribution in [-0.4, -0.2) is 22.3 Å². The van der Waals surface area contributed by atoms with Crippen LogP contribution < -0.4 is 10.1 Å². The third-order valence-corrected chi connectivity index (χ3v) is 3.20. The molecule has 0 bridgehead atoms. The van der Waals surface area contributed by atoms with Crippen LogP contribution in [0, 0.1) is 0 Å². The smallest absolute Gasteiger partial charge is 0.435 e. The number of rotatable bonds is 6. The highest BCUT2D eigenvalue weighted by molar-refractivity contribution is 5.76. The van der Waals surface area contributed by atoms with Crippen molar-refractivity contribution in [3.8, 4) is 5.75 Å². The van der Waals surface area contributed by atoms with Gasteiger partial charge in [0.15, 0.2) is 5.69 Å². The number of amides is 1. The minimum Gasteiger partial charge on any atom is -0.435 e. The van der Waals surface area contributed by atoms with Crippen LogP contribution in [0.25, 0.3) is 0 Å². The third kappa shape index (κ3) is 5.44. The van der Waals surface area contributed by atoms with Crippen molar-refractivity contribution in [2.45, 2.75) is 32.3 Å². The van der Waals surface area contributed by atoms with Gasteiger partial charge in [-0.25, -0.2) is 0 Å². The molecule has 0 aliphatic carbocycles. The number of hydrogen-bond donors (Lipinski definition) is 1. The SMILES string of the molecule is CC(NC(=O)Cn1ccc(C(F)(F)F)n1)c1cccc(OC(F)F)c1. The van der Waals surface area contributed by atoms with Crippen molar-refractivity contribution in [1.82, 2.24) is 15.1 Å². The van der Waals surface area contributed by atoms with E-state index in [1.54, 1.807) is 13.0 Å². The Morgan fingerprint density at radius 1 is 1.32 bits per heavy atom. The summed E-state index contributed by atoms with van der Waals surface area (Å²) in [5.41, 5.74) is -0.590.